The molecule has 0 spiro atoms. The van der Waals surface area contributed by atoms with Crippen LogP contribution in [-0.4, -0.2) is 48.5 Å². The summed E-state index contributed by atoms with van der Waals surface area (Å²) in [5.41, 5.74) is -0.749. The van der Waals surface area contributed by atoms with Crippen LogP contribution in [0, 0.1) is 10.8 Å². The van der Waals surface area contributed by atoms with Crippen LogP contribution in [0.3, 0.4) is 0 Å². The first-order chi connectivity index (χ1) is 13.9. The van der Waals surface area contributed by atoms with E-state index in [1.165, 1.54) is 0 Å². The first-order valence-electron chi connectivity index (χ1n) is 10.1. The molecule has 0 amide bonds. The number of ether oxygens (including phenoxy) is 1. The Bertz CT molecular complexity index is 743. The first-order valence-corrected chi connectivity index (χ1v) is 13.0. The number of hydrogen-bond acceptors (Lipinski definition) is 5. The molecule has 0 bridgehead atoms. The molecule has 0 aliphatic rings. The fourth-order valence-corrected chi connectivity index (χ4v) is 6.26. The largest absolute Gasteiger partial charge is 0.481 e. The van der Waals surface area contributed by atoms with Crippen LogP contribution in [0.5, 0.6) is 5.75 Å². The quantitative estimate of drug-likeness (QED) is 0.336. The van der Waals surface area contributed by atoms with E-state index in [0.29, 0.717) is 41.6 Å². The van der Waals surface area contributed by atoms with Crippen molar-refractivity contribution in [3.8, 4) is 5.75 Å². The topological polar surface area (TPSA) is 97.7 Å². The van der Waals surface area contributed by atoms with Gasteiger partial charge in [-0.1, -0.05) is 45.9 Å². The molecule has 30 heavy (non-hydrogen) atoms. The van der Waals surface area contributed by atoms with Gasteiger partial charge in [0.1, 0.15) is 5.75 Å². The van der Waals surface area contributed by atoms with Gasteiger partial charge in [-0.05, 0) is 35.8 Å². The van der Waals surface area contributed by atoms with Crippen molar-refractivity contribution in [3.63, 3.8) is 0 Å². The van der Waals surface area contributed by atoms with Gasteiger partial charge in [0.25, 0.3) is 0 Å². The summed E-state index contributed by atoms with van der Waals surface area (Å²) in [4.78, 5) is 23.0. The molecular weight excluding hydrogens is 424 g/mol. The Balaban J connectivity index is 2.31. The van der Waals surface area contributed by atoms with Gasteiger partial charge >= 0.3 is 11.9 Å². The van der Waals surface area contributed by atoms with E-state index < -0.39 is 33.0 Å². The summed E-state index contributed by atoms with van der Waals surface area (Å²) in [6.07, 6.45) is 1.42. The van der Waals surface area contributed by atoms with Crippen molar-refractivity contribution in [3.05, 3.63) is 30.3 Å². The van der Waals surface area contributed by atoms with Crippen molar-refractivity contribution in [1.82, 2.24) is 0 Å². The molecule has 0 aliphatic carbocycles. The SMILES string of the molecule is CC(C)(CCS(=O)CCS(=O)CCC(C)(C)CC(=O)Oc1ccccc1)CC(=O)O. The van der Waals surface area contributed by atoms with Crippen LogP contribution >= 0.6 is 0 Å². The average Bonchev–Trinajstić information content (AvgIpc) is 2.62. The molecule has 1 aromatic carbocycles. The lowest BCUT2D eigenvalue weighted by Gasteiger charge is -2.23. The molecule has 2 unspecified atom stereocenters. The molecule has 1 rings (SSSR count). The van der Waals surface area contributed by atoms with Crippen molar-refractivity contribution >= 4 is 33.5 Å². The van der Waals surface area contributed by atoms with Crippen molar-refractivity contribution in [2.45, 2.75) is 53.4 Å². The molecule has 0 heterocycles. The number of esters is 1. The van der Waals surface area contributed by atoms with Crippen molar-refractivity contribution in [2.24, 2.45) is 10.8 Å². The Labute approximate surface area is 184 Å². The zero-order chi connectivity index (χ0) is 22.8. The zero-order valence-electron chi connectivity index (χ0n) is 18.3. The molecule has 8 heteroatoms. The number of carboxylic acid groups (broad SMARTS) is 1. The van der Waals surface area contributed by atoms with E-state index in [-0.39, 0.29) is 24.2 Å². The maximum atomic E-state index is 12.3. The van der Waals surface area contributed by atoms with Gasteiger partial charge in [0.2, 0.25) is 0 Å². The lowest BCUT2D eigenvalue weighted by molar-refractivity contribution is -0.139. The summed E-state index contributed by atoms with van der Waals surface area (Å²) in [5.74, 6) is 0.866. The molecule has 170 valence electrons. The van der Waals surface area contributed by atoms with Gasteiger partial charge < -0.3 is 9.84 Å². The van der Waals surface area contributed by atoms with Gasteiger partial charge in [-0.15, -0.1) is 0 Å². The summed E-state index contributed by atoms with van der Waals surface area (Å²) in [6.45, 7) is 7.58. The predicted octanol–water partition coefficient (Wildman–Crippen LogP) is 3.79. The van der Waals surface area contributed by atoms with Crippen LogP contribution in [-0.2, 0) is 31.2 Å². The lowest BCUT2D eigenvalue weighted by Crippen LogP contribution is -2.24. The highest BCUT2D eigenvalue weighted by Crippen LogP contribution is 2.27. The average molecular weight is 459 g/mol. The number of rotatable bonds is 14. The van der Waals surface area contributed by atoms with Crippen LogP contribution in [0.25, 0.3) is 0 Å². The Kier molecular flexibility index (Phi) is 10.9. The van der Waals surface area contributed by atoms with Gasteiger partial charge in [0.05, 0.1) is 12.8 Å². The van der Waals surface area contributed by atoms with E-state index in [1.807, 2.05) is 33.8 Å². The number of carbonyl (C=O) groups excluding carboxylic acids is 1. The molecule has 0 fully saturated rings. The van der Waals surface area contributed by atoms with E-state index in [4.69, 9.17) is 9.84 Å². The second-order valence-electron chi connectivity index (χ2n) is 9.06. The van der Waals surface area contributed by atoms with Gasteiger partial charge in [-0.3, -0.25) is 18.0 Å². The molecule has 6 nitrogen and oxygen atoms in total. The first kappa shape index (κ1) is 26.5. The van der Waals surface area contributed by atoms with Gasteiger partial charge in [0.15, 0.2) is 0 Å². The van der Waals surface area contributed by atoms with Crippen LogP contribution in [0.15, 0.2) is 30.3 Å². The third-order valence-corrected chi connectivity index (χ3v) is 7.68. The van der Waals surface area contributed by atoms with Gasteiger partial charge in [-0.25, -0.2) is 0 Å². The van der Waals surface area contributed by atoms with Crippen LogP contribution in [0.2, 0.25) is 0 Å². The number of para-hydroxylation sites is 1. The normalized spacial score (nSPS) is 14.1. The number of carboxylic acids is 1. The second kappa shape index (κ2) is 12.3. The summed E-state index contributed by atoms with van der Waals surface area (Å²) >= 11 is 0. The third kappa shape index (κ3) is 12.2. The number of hydrogen-bond donors (Lipinski definition) is 1. The fraction of sp³-hybridized carbons (Fsp3) is 0.636. The second-order valence-corrected chi connectivity index (χ2v) is 12.5. The minimum Gasteiger partial charge on any atom is -0.481 e. The smallest absolute Gasteiger partial charge is 0.311 e. The monoisotopic (exact) mass is 458 g/mol. The van der Waals surface area contributed by atoms with Gasteiger partial charge in [0, 0.05) is 44.6 Å². The fourth-order valence-electron chi connectivity index (χ4n) is 2.80. The highest BCUT2D eigenvalue weighted by Gasteiger charge is 2.25. The maximum Gasteiger partial charge on any atom is 0.311 e. The van der Waals surface area contributed by atoms with Crippen molar-refractivity contribution < 1.29 is 27.9 Å². The highest BCUT2D eigenvalue weighted by molar-refractivity contribution is 7.88. The minimum atomic E-state index is -1.12. The molecule has 1 aromatic rings. The molecule has 0 radical (unpaired) electrons. The summed E-state index contributed by atoms with van der Waals surface area (Å²) in [5, 5.41) is 8.90. The summed E-state index contributed by atoms with van der Waals surface area (Å²) in [7, 11) is -2.23. The van der Waals surface area contributed by atoms with Crippen LogP contribution < -0.4 is 4.74 Å². The number of benzene rings is 1. The molecule has 2 atom stereocenters. The number of aliphatic carboxylic acids is 1. The maximum absolute atomic E-state index is 12.3. The molecule has 0 saturated heterocycles. The molecule has 1 N–H and O–H groups in total. The van der Waals surface area contributed by atoms with E-state index in [2.05, 4.69) is 0 Å². The van der Waals surface area contributed by atoms with Gasteiger partial charge in [-0.2, -0.15) is 0 Å². The molecule has 0 aromatic heterocycles. The third-order valence-electron chi connectivity index (χ3n) is 4.78. The molecule has 0 saturated carbocycles. The lowest BCUT2D eigenvalue weighted by atomic mass is 9.86. The van der Waals surface area contributed by atoms with E-state index in [9.17, 15) is 18.0 Å². The Morgan fingerprint density at radius 2 is 1.30 bits per heavy atom. The predicted molar refractivity (Wildman–Crippen MR) is 121 cm³/mol. The Hall–Kier alpha value is -1.54. The van der Waals surface area contributed by atoms with E-state index in [1.54, 1.807) is 24.3 Å². The van der Waals surface area contributed by atoms with Crippen molar-refractivity contribution in [2.75, 3.05) is 23.0 Å². The van der Waals surface area contributed by atoms with Crippen LogP contribution in [0.4, 0.5) is 0 Å². The zero-order valence-corrected chi connectivity index (χ0v) is 20.0. The highest BCUT2D eigenvalue weighted by atomic mass is 32.2. The summed E-state index contributed by atoms with van der Waals surface area (Å²) in [6, 6.07) is 8.90. The standard InChI is InChI=1S/C22H34O6S2/c1-21(2,16-19(23)24)10-12-29(26)14-15-30(27)13-11-22(3,4)17-20(25)28-18-8-6-5-7-9-18/h5-9H,10-17H2,1-4H3,(H,23,24). The molecule has 0 aliphatic heterocycles. The van der Waals surface area contributed by atoms with E-state index in [0.717, 1.165) is 0 Å². The van der Waals surface area contributed by atoms with Crippen LogP contribution in [0.1, 0.15) is 53.4 Å². The van der Waals surface area contributed by atoms with Crippen molar-refractivity contribution in [1.29, 1.82) is 0 Å². The van der Waals surface area contributed by atoms with E-state index >= 15 is 0 Å². The number of carbonyl (C=O) groups is 2. The minimum absolute atomic E-state index is 0.0396. The Morgan fingerprint density at radius 1 is 0.833 bits per heavy atom. The summed E-state index contributed by atoms with van der Waals surface area (Å²) < 4.78 is 29.8. The molecular formula is C22H34O6S2. The Morgan fingerprint density at radius 3 is 1.77 bits per heavy atom.